The summed E-state index contributed by atoms with van der Waals surface area (Å²) < 4.78 is 27.6. The predicted molar refractivity (Wildman–Crippen MR) is 107 cm³/mol. The molecule has 0 radical (unpaired) electrons. The number of benzene rings is 2. The fourth-order valence-corrected chi connectivity index (χ4v) is 5.08. The summed E-state index contributed by atoms with van der Waals surface area (Å²) in [4.78, 5) is 12.8. The number of piperidine rings is 1. The molecule has 144 valence electrons. The zero-order valence-corrected chi connectivity index (χ0v) is 16.4. The first kappa shape index (κ1) is 19.4. The highest BCUT2D eigenvalue weighted by atomic mass is 32.2. The lowest BCUT2D eigenvalue weighted by atomic mass is 10.1. The normalized spacial score (nSPS) is 18.2. The molecule has 0 bridgehead atoms. The quantitative estimate of drug-likeness (QED) is 0.787. The van der Waals surface area contributed by atoms with Gasteiger partial charge in [-0.2, -0.15) is 4.31 Å². The molecule has 1 heterocycles. The number of nitrogens with zero attached hydrogens (tertiary/aromatic N) is 1. The molecule has 2 aromatic rings. The Bertz CT molecular complexity index is 957. The second kappa shape index (κ2) is 7.70. The molecule has 6 nitrogen and oxygen atoms in total. The summed E-state index contributed by atoms with van der Waals surface area (Å²) in [5, 5.41) is 2.81. The zero-order valence-electron chi connectivity index (χ0n) is 15.6. The number of hydrogen-bond donors (Lipinski definition) is 2. The summed E-state index contributed by atoms with van der Waals surface area (Å²) in [6.45, 7) is 4.31. The Balaban J connectivity index is 1.86. The van der Waals surface area contributed by atoms with Crippen molar-refractivity contribution in [1.29, 1.82) is 0 Å². The van der Waals surface area contributed by atoms with Gasteiger partial charge in [-0.25, -0.2) is 8.42 Å². The SMILES string of the molecule is Cc1ccc(N)cc1NC(=O)c1cccc(S(=O)(=O)N2CCCCC2C)c1. The lowest BCUT2D eigenvalue weighted by Gasteiger charge is -2.32. The standard InChI is InChI=1S/C20H25N3O3S/c1-14-9-10-17(21)13-19(14)22-20(24)16-7-5-8-18(12-16)27(25,26)23-11-4-3-6-15(23)2/h5,7-10,12-13,15H,3-4,6,11,21H2,1-2H3,(H,22,24). The van der Waals surface area contributed by atoms with Crippen molar-refractivity contribution in [2.75, 3.05) is 17.6 Å². The summed E-state index contributed by atoms with van der Waals surface area (Å²) in [5.74, 6) is -0.368. The average molecular weight is 388 g/mol. The van der Waals surface area contributed by atoms with Crippen molar-refractivity contribution in [2.24, 2.45) is 0 Å². The maximum Gasteiger partial charge on any atom is 0.255 e. The van der Waals surface area contributed by atoms with Crippen LogP contribution in [0.25, 0.3) is 0 Å². The summed E-state index contributed by atoms with van der Waals surface area (Å²) in [6.07, 6.45) is 2.75. The first-order chi connectivity index (χ1) is 12.8. The van der Waals surface area contributed by atoms with E-state index < -0.39 is 10.0 Å². The van der Waals surface area contributed by atoms with Crippen LogP contribution in [0.5, 0.6) is 0 Å². The van der Waals surface area contributed by atoms with Gasteiger partial charge in [0, 0.05) is 29.5 Å². The Hall–Kier alpha value is -2.38. The van der Waals surface area contributed by atoms with Gasteiger partial charge in [0.1, 0.15) is 0 Å². The molecule has 2 aromatic carbocycles. The van der Waals surface area contributed by atoms with Crippen LogP contribution in [0.15, 0.2) is 47.4 Å². The number of carbonyl (C=O) groups is 1. The Morgan fingerprint density at radius 2 is 1.96 bits per heavy atom. The molecule has 1 amide bonds. The van der Waals surface area contributed by atoms with E-state index in [9.17, 15) is 13.2 Å². The van der Waals surface area contributed by atoms with Crippen LogP contribution in [-0.2, 0) is 10.0 Å². The third kappa shape index (κ3) is 4.14. The molecule has 3 N–H and O–H groups in total. The van der Waals surface area contributed by atoms with Gasteiger partial charge in [0.15, 0.2) is 0 Å². The maximum atomic E-state index is 13.0. The van der Waals surface area contributed by atoms with E-state index >= 15 is 0 Å². The summed E-state index contributed by atoms with van der Waals surface area (Å²) in [6, 6.07) is 11.4. The minimum atomic E-state index is -3.62. The lowest BCUT2D eigenvalue weighted by Crippen LogP contribution is -2.41. The molecule has 1 atom stereocenters. The molecule has 27 heavy (non-hydrogen) atoms. The van der Waals surface area contributed by atoms with Crippen molar-refractivity contribution in [3.05, 3.63) is 53.6 Å². The zero-order chi connectivity index (χ0) is 19.6. The van der Waals surface area contributed by atoms with Crippen molar-refractivity contribution < 1.29 is 13.2 Å². The van der Waals surface area contributed by atoms with E-state index in [0.717, 1.165) is 24.8 Å². The van der Waals surface area contributed by atoms with Crippen LogP contribution in [0.1, 0.15) is 42.1 Å². The van der Waals surface area contributed by atoms with Gasteiger partial charge in [0.2, 0.25) is 10.0 Å². The number of nitrogen functional groups attached to an aromatic ring is 1. The molecule has 0 spiro atoms. The van der Waals surface area contributed by atoms with Gasteiger partial charge in [-0.3, -0.25) is 4.79 Å². The van der Waals surface area contributed by atoms with Crippen molar-refractivity contribution >= 4 is 27.3 Å². The molecule has 1 saturated heterocycles. The summed E-state index contributed by atoms with van der Waals surface area (Å²) in [5.41, 5.74) is 8.11. The lowest BCUT2D eigenvalue weighted by molar-refractivity contribution is 0.102. The fourth-order valence-electron chi connectivity index (χ4n) is 3.33. The van der Waals surface area contributed by atoms with Crippen molar-refractivity contribution in [1.82, 2.24) is 4.31 Å². The number of rotatable bonds is 4. The smallest absolute Gasteiger partial charge is 0.255 e. The number of anilines is 2. The first-order valence-corrected chi connectivity index (χ1v) is 10.5. The van der Waals surface area contributed by atoms with Gasteiger partial charge in [-0.15, -0.1) is 0 Å². The van der Waals surface area contributed by atoms with Crippen LogP contribution in [0, 0.1) is 6.92 Å². The largest absolute Gasteiger partial charge is 0.399 e. The number of hydrogen-bond acceptors (Lipinski definition) is 4. The Morgan fingerprint density at radius 1 is 1.19 bits per heavy atom. The average Bonchev–Trinajstić information content (AvgIpc) is 2.65. The van der Waals surface area contributed by atoms with E-state index in [1.807, 2.05) is 19.9 Å². The van der Waals surface area contributed by atoms with E-state index in [0.29, 0.717) is 23.5 Å². The van der Waals surface area contributed by atoms with Crippen molar-refractivity contribution in [2.45, 2.75) is 44.0 Å². The van der Waals surface area contributed by atoms with Crippen molar-refractivity contribution in [3.63, 3.8) is 0 Å². The first-order valence-electron chi connectivity index (χ1n) is 9.08. The van der Waals surface area contributed by atoms with Crippen LogP contribution in [0.2, 0.25) is 0 Å². The van der Waals surface area contributed by atoms with E-state index in [2.05, 4.69) is 5.32 Å². The predicted octanol–water partition coefficient (Wildman–Crippen LogP) is 3.39. The van der Waals surface area contributed by atoms with Gasteiger partial charge >= 0.3 is 0 Å². The summed E-state index contributed by atoms with van der Waals surface area (Å²) >= 11 is 0. The molecule has 3 rings (SSSR count). The number of nitrogens with two attached hydrogens (primary N) is 1. The topological polar surface area (TPSA) is 92.5 Å². The minimum absolute atomic E-state index is 0.0313. The van der Waals surface area contributed by atoms with Gasteiger partial charge in [0.25, 0.3) is 5.91 Å². The highest BCUT2D eigenvalue weighted by Gasteiger charge is 2.31. The molecule has 1 aliphatic rings. The van der Waals surface area contributed by atoms with Gasteiger partial charge < -0.3 is 11.1 Å². The second-order valence-electron chi connectivity index (χ2n) is 7.02. The molecular formula is C20H25N3O3S. The Labute approximate surface area is 160 Å². The van der Waals surface area contributed by atoms with Crippen molar-refractivity contribution in [3.8, 4) is 0 Å². The molecule has 7 heteroatoms. The Morgan fingerprint density at radius 3 is 2.70 bits per heavy atom. The monoisotopic (exact) mass is 387 g/mol. The fraction of sp³-hybridized carbons (Fsp3) is 0.350. The number of sulfonamides is 1. The van der Waals surface area contributed by atoms with E-state index in [1.165, 1.54) is 10.4 Å². The molecule has 1 fully saturated rings. The maximum absolute atomic E-state index is 13.0. The molecule has 1 unspecified atom stereocenters. The van der Waals surface area contributed by atoms with Gasteiger partial charge in [0.05, 0.1) is 4.90 Å². The van der Waals surface area contributed by atoms with Crippen LogP contribution < -0.4 is 11.1 Å². The van der Waals surface area contributed by atoms with Crippen LogP contribution >= 0.6 is 0 Å². The minimum Gasteiger partial charge on any atom is -0.399 e. The number of carbonyl (C=O) groups excluding carboxylic acids is 1. The molecule has 1 aliphatic heterocycles. The van der Waals surface area contributed by atoms with Crippen LogP contribution in [0.4, 0.5) is 11.4 Å². The number of aryl methyl sites for hydroxylation is 1. The van der Waals surface area contributed by atoms with E-state index in [4.69, 9.17) is 5.73 Å². The number of amides is 1. The van der Waals surface area contributed by atoms with Crippen LogP contribution in [-0.4, -0.2) is 31.2 Å². The highest BCUT2D eigenvalue weighted by molar-refractivity contribution is 7.89. The second-order valence-corrected chi connectivity index (χ2v) is 8.91. The molecule has 0 saturated carbocycles. The van der Waals surface area contributed by atoms with Gasteiger partial charge in [-0.05, 0) is 62.6 Å². The van der Waals surface area contributed by atoms with Gasteiger partial charge in [-0.1, -0.05) is 18.6 Å². The molecular weight excluding hydrogens is 362 g/mol. The summed E-state index contributed by atoms with van der Waals surface area (Å²) in [7, 11) is -3.62. The van der Waals surface area contributed by atoms with Crippen LogP contribution in [0.3, 0.4) is 0 Å². The molecule has 0 aliphatic carbocycles. The van der Waals surface area contributed by atoms with E-state index in [-0.39, 0.29) is 16.8 Å². The third-order valence-electron chi connectivity index (χ3n) is 4.95. The number of nitrogens with one attached hydrogen (secondary N) is 1. The Kier molecular flexibility index (Phi) is 5.53. The third-order valence-corrected chi connectivity index (χ3v) is 6.96. The highest BCUT2D eigenvalue weighted by Crippen LogP contribution is 2.26. The molecule has 0 aromatic heterocycles. The van der Waals surface area contributed by atoms with E-state index in [1.54, 1.807) is 30.3 Å².